The molecule has 0 aliphatic heterocycles. The first-order valence-corrected chi connectivity index (χ1v) is 10.3. The molecule has 0 unspecified atom stereocenters. The first-order valence-electron chi connectivity index (χ1n) is 8.71. The zero-order valence-corrected chi connectivity index (χ0v) is 16.9. The molecular weight excluding hydrogens is 386 g/mol. The van der Waals surface area contributed by atoms with Crippen LogP contribution in [0.3, 0.4) is 0 Å². The number of aromatic nitrogens is 2. The number of nitrogens with zero attached hydrogens (tertiary/aromatic N) is 2. The SMILES string of the molecule is CCCn1c(C)c(C)c2ccnc(OCc3ccc(F)cc3)c21.O=P(O)(O)O. The van der Waals surface area contributed by atoms with Crippen LogP contribution in [-0.4, -0.2) is 24.2 Å². The van der Waals surface area contributed by atoms with Gasteiger partial charge in [0, 0.05) is 23.8 Å². The molecule has 0 bridgehead atoms. The van der Waals surface area contributed by atoms with Crippen LogP contribution >= 0.6 is 7.82 Å². The van der Waals surface area contributed by atoms with Crippen LogP contribution in [0.25, 0.3) is 10.9 Å². The quantitative estimate of drug-likeness (QED) is 0.552. The van der Waals surface area contributed by atoms with Gasteiger partial charge in [0.2, 0.25) is 5.88 Å². The second-order valence-electron chi connectivity index (χ2n) is 6.30. The molecule has 1 aromatic carbocycles. The van der Waals surface area contributed by atoms with Gasteiger partial charge in [0.15, 0.2) is 0 Å². The predicted molar refractivity (Wildman–Crippen MR) is 104 cm³/mol. The molecular formula is C19H24FN2O5P. The summed E-state index contributed by atoms with van der Waals surface area (Å²) in [7, 11) is -4.64. The van der Waals surface area contributed by atoms with E-state index in [1.54, 1.807) is 18.3 Å². The summed E-state index contributed by atoms with van der Waals surface area (Å²) in [6.45, 7) is 7.74. The number of hydrogen-bond donors (Lipinski definition) is 3. The molecule has 0 saturated heterocycles. The highest BCUT2D eigenvalue weighted by Gasteiger charge is 2.15. The third kappa shape index (κ3) is 5.87. The second-order valence-corrected chi connectivity index (χ2v) is 7.33. The summed E-state index contributed by atoms with van der Waals surface area (Å²) in [6.07, 6.45) is 2.83. The van der Waals surface area contributed by atoms with Crippen molar-refractivity contribution in [2.75, 3.05) is 0 Å². The Bertz CT molecular complexity index is 974. The molecule has 0 aliphatic rings. The summed E-state index contributed by atoms with van der Waals surface area (Å²) in [6, 6.07) is 8.39. The van der Waals surface area contributed by atoms with Crippen molar-refractivity contribution in [3.8, 4) is 5.88 Å². The number of fused-ring (bicyclic) bond motifs is 1. The molecule has 0 aliphatic carbocycles. The molecule has 0 saturated carbocycles. The van der Waals surface area contributed by atoms with Gasteiger partial charge >= 0.3 is 7.82 Å². The van der Waals surface area contributed by atoms with E-state index in [2.05, 4.69) is 30.3 Å². The van der Waals surface area contributed by atoms with Crippen LogP contribution in [0.15, 0.2) is 36.5 Å². The van der Waals surface area contributed by atoms with Crippen molar-refractivity contribution in [1.29, 1.82) is 0 Å². The number of benzene rings is 1. The lowest BCUT2D eigenvalue weighted by molar-refractivity contribution is 0.275. The van der Waals surface area contributed by atoms with Crippen molar-refractivity contribution in [2.45, 2.75) is 40.3 Å². The van der Waals surface area contributed by atoms with E-state index in [-0.39, 0.29) is 5.82 Å². The summed E-state index contributed by atoms with van der Waals surface area (Å²) in [5.74, 6) is 0.397. The fraction of sp³-hybridized carbons (Fsp3) is 0.316. The Labute approximate surface area is 162 Å². The maximum absolute atomic E-state index is 13.0. The van der Waals surface area contributed by atoms with E-state index in [4.69, 9.17) is 24.0 Å². The number of halogens is 1. The van der Waals surface area contributed by atoms with Crippen molar-refractivity contribution in [3.63, 3.8) is 0 Å². The molecule has 3 aromatic rings. The predicted octanol–water partition coefficient (Wildman–Crippen LogP) is 3.85. The van der Waals surface area contributed by atoms with Gasteiger partial charge < -0.3 is 24.0 Å². The topological polar surface area (TPSA) is 105 Å². The Hall–Kier alpha value is -2.25. The fourth-order valence-electron chi connectivity index (χ4n) is 2.90. The Morgan fingerprint density at radius 2 is 1.75 bits per heavy atom. The molecule has 3 N–H and O–H groups in total. The van der Waals surface area contributed by atoms with Crippen molar-refractivity contribution in [3.05, 3.63) is 59.2 Å². The van der Waals surface area contributed by atoms with Crippen LogP contribution in [0.5, 0.6) is 5.88 Å². The van der Waals surface area contributed by atoms with Crippen LogP contribution in [0.1, 0.15) is 30.2 Å². The highest BCUT2D eigenvalue weighted by atomic mass is 31.2. The van der Waals surface area contributed by atoms with Gasteiger partial charge in [-0.1, -0.05) is 19.1 Å². The summed E-state index contributed by atoms with van der Waals surface area (Å²) in [5, 5.41) is 1.18. The summed E-state index contributed by atoms with van der Waals surface area (Å²) < 4.78 is 30.1. The average molecular weight is 410 g/mol. The average Bonchev–Trinajstić information content (AvgIpc) is 2.86. The largest absolute Gasteiger partial charge is 0.471 e. The second kappa shape index (κ2) is 9.30. The van der Waals surface area contributed by atoms with Crippen LogP contribution in [0.4, 0.5) is 4.39 Å². The molecule has 28 heavy (non-hydrogen) atoms. The van der Waals surface area contributed by atoms with Gasteiger partial charge in [-0.2, -0.15) is 0 Å². The van der Waals surface area contributed by atoms with E-state index in [9.17, 15) is 4.39 Å². The van der Waals surface area contributed by atoms with Gasteiger partial charge in [0.25, 0.3) is 0 Å². The minimum atomic E-state index is -4.64. The molecule has 152 valence electrons. The Morgan fingerprint density at radius 3 is 2.32 bits per heavy atom. The normalized spacial score (nSPS) is 11.2. The third-order valence-electron chi connectivity index (χ3n) is 4.25. The molecule has 3 rings (SSSR count). The first kappa shape index (κ1) is 22.0. The van der Waals surface area contributed by atoms with Crippen molar-refractivity contribution in [2.24, 2.45) is 0 Å². The molecule has 0 spiro atoms. The van der Waals surface area contributed by atoms with Gasteiger partial charge in [-0.15, -0.1) is 0 Å². The number of aryl methyl sites for hydroxylation is 2. The van der Waals surface area contributed by atoms with Crippen LogP contribution < -0.4 is 4.74 Å². The Morgan fingerprint density at radius 1 is 1.14 bits per heavy atom. The van der Waals surface area contributed by atoms with E-state index in [1.165, 1.54) is 28.8 Å². The molecule has 0 atom stereocenters. The third-order valence-corrected chi connectivity index (χ3v) is 4.25. The van der Waals surface area contributed by atoms with Gasteiger partial charge in [-0.3, -0.25) is 0 Å². The number of phosphoric acid groups is 1. The van der Waals surface area contributed by atoms with E-state index in [1.807, 2.05) is 6.07 Å². The first-order chi connectivity index (χ1) is 13.1. The van der Waals surface area contributed by atoms with Gasteiger partial charge in [0.05, 0.1) is 0 Å². The zero-order valence-electron chi connectivity index (χ0n) is 16.0. The number of ether oxygens (including phenoxy) is 1. The standard InChI is InChI=1S/C19H21FN2O.H3O4P/c1-4-11-22-14(3)13(2)17-9-10-21-19(18(17)22)23-12-15-5-7-16(20)8-6-15;1-5(2,3)4/h5-10H,4,11-12H2,1-3H3;(H3,1,2,3,4). The highest BCUT2D eigenvalue weighted by molar-refractivity contribution is 7.45. The summed E-state index contributed by atoms with van der Waals surface area (Å²) in [5.41, 5.74) is 4.49. The monoisotopic (exact) mass is 410 g/mol. The molecule has 9 heteroatoms. The van der Waals surface area contributed by atoms with Crippen molar-refractivity contribution < 1.29 is 28.4 Å². The fourth-order valence-corrected chi connectivity index (χ4v) is 2.90. The molecule has 0 radical (unpaired) electrons. The van der Waals surface area contributed by atoms with Gasteiger partial charge in [0.1, 0.15) is 17.9 Å². The van der Waals surface area contributed by atoms with E-state index in [0.29, 0.717) is 12.5 Å². The number of rotatable bonds is 5. The van der Waals surface area contributed by atoms with Gasteiger partial charge in [-0.25, -0.2) is 13.9 Å². The lowest BCUT2D eigenvalue weighted by Crippen LogP contribution is -2.03. The minimum Gasteiger partial charge on any atom is -0.471 e. The van der Waals surface area contributed by atoms with Crippen LogP contribution in [-0.2, 0) is 17.7 Å². The highest BCUT2D eigenvalue weighted by Crippen LogP contribution is 2.31. The summed E-state index contributed by atoms with van der Waals surface area (Å²) in [4.78, 5) is 26.0. The van der Waals surface area contributed by atoms with Crippen LogP contribution in [0.2, 0.25) is 0 Å². The smallest absolute Gasteiger partial charge is 0.466 e. The Kier molecular flexibility index (Phi) is 7.32. The van der Waals surface area contributed by atoms with Crippen LogP contribution in [0, 0.1) is 19.7 Å². The van der Waals surface area contributed by atoms with Crippen molar-refractivity contribution >= 4 is 18.7 Å². The number of hydrogen-bond acceptors (Lipinski definition) is 3. The molecule has 0 fully saturated rings. The van der Waals surface area contributed by atoms with E-state index < -0.39 is 7.82 Å². The maximum Gasteiger partial charge on any atom is 0.466 e. The minimum absolute atomic E-state index is 0.239. The van der Waals surface area contributed by atoms with Gasteiger partial charge in [-0.05, 0) is 49.6 Å². The molecule has 0 amide bonds. The molecule has 7 nitrogen and oxygen atoms in total. The number of pyridine rings is 1. The summed E-state index contributed by atoms with van der Waals surface area (Å²) >= 11 is 0. The van der Waals surface area contributed by atoms with Crippen molar-refractivity contribution in [1.82, 2.24) is 9.55 Å². The molecule has 2 aromatic heterocycles. The van der Waals surface area contributed by atoms with E-state index in [0.717, 1.165) is 24.0 Å². The van der Waals surface area contributed by atoms with E-state index >= 15 is 0 Å². The Balaban J connectivity index is 0.000000500. The molecule has 2 heterocycles. The zero-order chi connectivity index (χ0) is 20.9. The lowest BCUT2D eigenvalue weighted by atomic mass is 10.2. The maximum atomic E-state index is 13.0. The lowest BCUT2D eigenvalue weighted by Gasteiger charge is -2.11.